The maximum Gasteiger partial charge on any atom is 0.488 e. The lowest BCUT2D eigenvalue weighted by molar-refractivity contribution is 0.426. The Hall–Kier alpha value is -11.7. The fourth-order valence-electron chi connectivity index (χ4n) is 14.0. The van der Waals surface area contributed by atoms with Crippen LogP contribution < -0.4 is 5.46 Å². The first-order chi connectivity index (χ1) is 46.3. The van der Waals surface area contributed by atoms with Crippen LogP contribution in [0.1, 0.15) is 0 Å². The second-order valence-electron chi connectivity index (χ2n) is 23.9. The molecule has 6 aromatic heterocycles. The summed E-state index contributed by atoms with van der Waals surface area (Å²) in [6, 6.07) is 105. The summed E-state index contributed by atoms with van der Waals surface area (Å²) >= 11 is 3.77. The number of halogens is 1. The molecule has 10 heteroatoms. The highest BCUT2D eigenvalue weighted by atomic mass is 79.9. The van der Waals surface area contributed by atoms with Crippen LogP contribution in [0.25, 0.3) is 176 Å². The van der Waals surface area contributed by atoms with Gasteiger partial charge in [0.1, 0.15) is 44.7 Å². The molecule has 2 N–H and O–H groups in total. The summed E-state index contributed by atoms with van der Waals surface area (Å²) in [7, 11) is -1.45. The molecule has 0 unspecified atom stereocenters. The molecule has 0 fully saturated rings. The van der Waals surface area contributed by atoms with Crippen LogP contribution in [0.3, 0.4) is 0 Å². The van der Waals surface area contributed by atoms with Gasteiger partial charge in [0.05, 0.1) is 22.1 Å². The van der Waals surface area contributed by atoms with Crippen LogP contribution >= 0.6 is 15.9 Å². The summed E-state index contributed by atoms with van der Waals surface area (Å²) in [6.45, 7) is 0. The minimum Gasteiger partial charge on any atom is -0.456 e. The minimum absolute atomic E-state index is 0.471. The third-order valence-electron chi connectivity index (χ3n) is 18.3. The zero-order chi connectivity index (χ0) is 62.5. The molecule has 0 saturated carbocycles. The van der Waals surface area contributed by atoms with Gasteiger partial charge in [-0.15, -0.1) is 0 Å². The van der Waals surface area contributed by atoms with Gasteiger partial charge in [-0.25, -0.2) is 0 Å². The van der Waals surface area contributed by atoms with Gasteiger partial charge in [0.25, 0.3) is 0 Å². The maximum atomic E-state index is 9.12. The predicted octanol–water partition coefficient (Wildman–Crippen LogP) is 22.3. The van der Waals surface area contributed by atoms with Gasteiger partial charge in [-0.3, -0.25) is 0 Å². The number of furan rings is 4. The van der Waals surface area contributed by atoms with Crippen molar-refractivity contribution in [2.24, 2.45) is 0 Å². The lowest BCUT2D eigenvalue weighted by Crippen LogP contribution is -2.29. The second kappa shape index (κ2) is 22.3. The van der Waals surface area contributed by atoms with E-state index in [1.807, 2.05) is 60.7 Å². The molecule has 0 spiro atoms. The van der Waals surface area contributed by atoms with E-state index in [2.05, 4.69) is 250 Å². The number of benzene rings is 14. The van der Waals surface area contributed by atoms with Crippen molar-refractivity contribution in [3.8, 4) is 44.8 Å². The standard InChI is InChI=1S/C42H25NO2.C30H18BrNO.C12H9BO3/c1-5-13-37-31(9-1)32-10-2-6-14-38(32)43(37)30-22-28(26-17-19-41-35(24-26)33-11-3-7-15-39(33)44-41)21-29(23-30)27-18-20-42-36(25-27)34-12-4-8-16-40(34)45-42;31-21-15-20(19-13-14-30-26(17-19)25-9-3-6-12-29(25)33-30)16-22(18-21)32-27-10-4-1-7-23(27)24-8-2-5-11-28(24)32;14-13(15)8-5-6-12-10(7-8)9-3-1-2-4-11(9)16-12/h1-25H;1-18H;1-7,14-15H. The Morgan fingerprint density at radius 2 is 0.511 bits per heavy atom. The molecular weight excluding hydrogens is 1220 g/mol. The first-order valence-electron chi connectivity index (χ1n) is 31.3. The lowest BCUT2D eigenvalue weighted by Gasteiger charge is -2.14. The molecule has 0 atom stereocenters. The zero-order valence-electron chi connectivity index (χ0n) is 50.2. The van der Waals surface area contributed by atoms with Gasteiger partial charge in [-0.2, -0.15) is 0 Å². The lowest BCUT2D eigenvalue weighted by atomic mass is 9.80. The van der Waals surface area contributed by atoms with Crippen LogP contribution in [0, 0.1) is 0 Å². The Bertz CT molecular complexity index is 6160. The predicted molar refractivity (Wildman–Crippen MR) is 391 cm³/mol. The minimum atomic E-state index is -1.45. The number of hydrogen-bond acceptors (Lipinski definition) is 6. The van der Waals surface area contributed by atoms with Crippen molar-refractivity contribution < 1.29 is 27.7 Å². The molecule has 20 aromatic rings. The highest BCUT2D eigenvalue weighted by Gasteiger charge is 2.20. The molecule has 0 bridgehead atoms. The van der Waals surface area contributed by atoms with E-state index in [0.29, 0.717) is 5.46 Å². The monoisotopic (exact) mass is 1270 g/mol. The molecule has 20 rings (SSSR count). The first kappa shape index (κ1) is 55.2. The van der Waals surface area contributed by atoms with Crippen LogP contribution in [-0.4, -0.2) is 26.3 Å². The van der Waals surface area contributed by atoms with Gasteiger partial charge in [0, 0.05) is 80.5 Å². The normalized spacial score (nSPS) is 11.8. The second-order valence-corrected chi connectivity index (χ2v) is 24.8. The van der Waals surface area contributed by atoms with E-state index in [9.17, 15) is 0 Å². The number of aromatic nitrogens is 2. The summed E-state index contributed by atoms with van der Waals surface area (Å²) in [4.78, 5) is 0. The molecule has 0 aliphatic carbocycles. The summed E-state index contributed by atoms with van der Waals surface area (Å²) in [5.41, 5.74) is 21.4. The van der Waals surface area contributed by atoms with E-state index in [0.717, 1.165) is 137 Å². The molecule has 6 heterocycles. The highest BCUT2D eigenvalue weighted by molar-refractivity contribution is 9.10. The van der Waals surface area contributed by atoms with E-state index in [4.69, 9.17) is 27.7 Å². The Kier molecular flexibility index (Phi) is 13.1. The average molecular weight is 1280 g/mol. The van der Waals surface area contributed by atoms with Gasteiger partial charge in [-0.05, 0) is 166 Å². The summed E-state index contributed by atoms with van der Waals surface area (Å²) in [6.07, 6.45) is 0. The van der Waals surface area contributed by atoms with Crippen LogP contribution in [0.2, 0.25) is 0 Å². The van der Waals surface area contributed by atoms with Gasteiger partial charge >= 0.3 is 7.12 Å². The first-order valence-corrected chi connectivity index (χ1v) is 32.0. The van der Waals surface area contributed by atoms with Crippen molar-refractivity contribution >= 4 is 160 Å². The fraction of sp³-hybridized carbons (Fsp3) is 0. The third kappa shape index (κ3) is 9.37. The van der Waals surface area contributed by atoms with Crippen molar-refractivity contribution in [3.05, 3.63) is 308 Å². The Morgan fingerprint density at radius 3 is 0.862 bits per heavy atom. The third-order valence-corrected chi connectivity index (χ3v) is 18.8. The van der Waals surface area contributed by atoms with Gasteiger partial charge in [0.15, 0.2) is 0 Å². The molecule has 14 aromatic carbocycles. The number of nitrogens with zero attached hydrogens (tertiary/aromatic N) is 2. The Morgan fingerprint density at radius 1 is 0.234 bits per heavy atom. The molecular formula is C84H52BBrN2O6. The SMILES string of the molecule is Brc1cc(-c2ccc3oc4ccccc4c3c2)cc(-n2c3ccccc3c3ccccc32)c1.OB(O)c1ccc2oc3ccccc3c2c1.c1ccc2c(c1)oc1ccc(-c3cc(-c4ccc5oc6ccccc6c5c4)cc(-n4c5ccccc5c5ccccc54)c3)cc12. The molecule has 8 nitrogen and oxygen atoms in total. The fourth-order valence-corrected chi connectivity index (χ4v) is 14.4. The van der Waals surface area contributed by atoms with E-state index < -0.39 is 7.12 Å². The Balaban J connectivity index is 0.000000115. The van der Waals surface area contributed by atoms with E-state index in [-0.39, 0.29) is 0 Å². The topological polar surface area (TPSA) is 103 Å². The Labute approximate surface area is 545 Å². The molecule has 0 amide bonds. The van der Waals surface area contributed by atoms with Crippen molar-refractivity contribution in [1.29, 1.82) is 0 Å². The maximum absolute atomic E-state index is 9.12. The van der Waals surface area contributed by atoms with E-state index >= 15 is 0 Å². The molecule has 94 heavy (non-hydrogen) atoms. The van der Waals surface area contributed by atoms with Gasteiger partial charge < -0.3 is 36.9 Å². The molecule has 0 aliphatic heterocycles. The largest absolute Gasteiger partial charge is 0.488 e. The van der Waals surface area contributed by atoms with Crippen molar-refractivity contribution in [1.82, 2.24) is 9.13 Å². The zero-order valence-corrected chi connectivity index (χ0v) is 51.8. The molecule has 0 aliphatic rings. The highest BCUT2D eigenvalue weighted by Crippen LogP contribution is 2.42. The average Bonchev–Trinajstić information content (AvgIpc) is 1.70. The van der Waals surface area contributed by atoms with E-state index in [1.165, 1.54) is 43.6 Å². The van der Waals surface area contributed by atoms with Crippen LogP contribution in [0.5, 0.6) is 0 Å². The summed E-state index contributed by atoms with van der Waals surface area (Å²) in [5.74, 6) is 0. The van der Waals surface area contributed by atoms with Gasteiger partial charge in [0.2, 0.25) is 0 Å². The number of hydrogen-bond donors (Lipinski definition) is 2. The quantitative estimate of drug-likeness (QED) is 0.161. The number of para-hydroxylation sites is 8. The molecule has 0 saturated heterocycles. The van der Waals surface area contributed by atoms with Crippen molar-refractivity contribution in [3.63, 3.8) is 0 Å². The van der Waals surface area contributed by atoms with Crippen LogP contribution in [0.15, 0.2) is 325 Å². The summed E-state index contributed by atoms with van der Waals surface area (Å²) < 4.78 is 29.8. The number of fused-ring (bicyclic) bond motifs is 18. The summed E-state index contributed by atoms with van der Waals surface area (Å²) in [5, 5.41) is 31.9. The van der Waals surface area contributed by atoms with Gasteiger partial charge in [-0.1, -0.05) is 192 Å². The van der Waals surface area contributed by atoms with Crippen LogP contribution in [0.4, 0.5) is 0 Å². The number of rotatable bonds is 6. The van der Waals surface area contributed by atoms with Crippen molar-refractivity contribution in [2.75, 3.05) is 0 Å². The molecule has 444 valence electrons. The van der Waals surface area contributed by atoms with Crippen LogP contribution in [-0.2, 0) is 0 Å². The smallest absolute Gasteiger partial charge is 0.456 e. The van der Waals surface area contributed by atoms with Crippen molar-refractivity contribution in [2.45, 2.75) is 0 Å². The molecule has 0 radical (unpaired) electrons. The van der Waals surface area contributed by atoms with E-state index in [1.54, 1.807) is 18.2 Å².